The minimum absolute atomic E-state index is 0.305. The first kappa shape index (κ1) is 13.8. The largest absolute Gasteiger partial charge is 0.350 e. The van der Waals surface area contributed by atoms with E-state index in [-0.39, 0.29) is 5.54 Å². The lowest BCUT2D eigenvalue weighted by Gasteiger charge is -2.38. The Morgan fingerprint density at radius 1 is 0.609 bits per heavy atom. The molecule has 0 radical (unpaired) electrons. The maximum absolute atomic E-state index is 4.22. The van der Waals surface area contributed by atoms with Crippen molar-refractivity contribution in [1.82, 2.24) is 4.90 Å². The topological polar surface area (TPSA) is 3.01 Å². The van der Waals surface area contributed by atoms with Crippen LogP contribution in [-0.2, 0) is 5.54 Å². The molecule has 4 rings (SSSR count). The predicted molar refractivity (Wildman–Crippen MR) is 95.1 cm³/mol. The first-order chi connectivity index (χ1) is 11.3. The van der Waals surface area contributed by atoms with Gasteiger partial charge in [0.2, 0.25) is 0 Å². The molecule has 0 atom stereocenters. The van der Waals surface area contributed by atoms with E-state index in [0.29, 0.717) is 0 Å². The third-order valence-electron chi connectivity index (χ3n) is 4.60. The van der Waals surface area contributed by atoms with Crippen molar-refractivity contribution >= 4 is 0 Å². The van der Waals surface area contributed by atoms with Crippen LogP contribution in [0.1, 0.15) is 16.7 Å². The fourth-order valence-electron chi connectivity index (χ4n) is 3.51. The molecule has 1 aliphatic rings. The van der Waals surface area contributed by atoms with Gasteiger partial charge < -0.3 is 4.90 Å². The summed E-state index contributed by atoms with van der Waals surface area (Å²) in [6.45, 7) is 5.15. The summed E-state index contributed by atoms with van der Waals surface area (Å²) < 4.78 is 0. The molecule has 0 bridgehead atoms. The van der Waals surface area contributed by atoms with E-state index in [1.54, 1.807) is 0 Å². The average molecular weight is 297 g/mol. The van der Waals surface area contributed by atoms with Gasteiger partial charge in [0.15, 0.2) is 0 Å². The van der Waals surface area contributed by atoms with Gasteiger partial charge in [0.05, 0.1) is 6.54 Å². The van der Waals surface area contributed by atoms with E-state index in [1.807, 2.05) is 0 Å². The maximum Gasteiger partial charge on any atom is 0.116 e. The van der Waals surface area contributed by atoms with E-state index < -0.39 is 0 Å². The monoisotopic (exact) mass is 297 g/mol. The molecule has 112 valence electrons. The van der Waals surface area contributed by atoms with Gasteiger partial charge >= 0.3 is 0 Å². The van der Waals surface area contributed by atoms with Crippen LogP contribution in [0.15, 0.2) is 103 Å². The SMILES string of the molecule is C=C1CN1C(c1ccccc1)(c1ccccc1)c1ccccc1. The second-order valence-electron chi connectivity index (χ2n) is 5.96. The average Bonchev–Trinajstić information content (AvgIpc) is 3.35. The van der Waals surface area contributed by atoms with E-state index in [0.717, 1.165) is 6.54 Å². The van der Waals surface area contributed by atoms with Gasteiger partial charge in [-0.15, -0.1) is 0 Å². The van der Waals surface area contributed by atoms with Gasteiger partial charge in [-0.3, -0.25) is 0 Å². The zero-order chi connectivity index (χ0) is 15.7. The minimum Gasteiger partial charge on any atom is -0.350 e. The molecule has 0 spiro atoms. The van der Waals surface area contributed by atoms with E-state index in [9.17, 15) is 0 Å². The van der Waals surface area contributed by atoms with Crippen LogP contribution >= 0.6 is 0 Å². The summed E-state index contributed by atoms with van der Waals surface area (Å²) in [6, 6.07) is 32.2. The lowest BCUT2D eigenvalue weighted by atomic mass is 9.77. The van der Waals surface area contributed by atoms with Crippen molar-refractivity contribution < 1.29 is 0 Å². The Hall–Kier alpha value is -2.80. The molecule has 0 saturated carbocycles. The van der Waals surface area contributed by atoms with Crippen molar-refractivity contribution in [2.75, 3.05) is 6.54 Å². The number of rotatable bonds is 4. The van der Waals surface area contributed by atoms with Crippen molar-refractivity contribution in [3.8, 4) is 0 Å². The van der Waals surface area contributed by atoms with Crippen molar-refractivity contribution in [2.45, 2.75) is 5.54 Å². The molecule has 3 aromatic carbocycles. The quantitative estimate of drug-likeness (QED) is 0.493. The summed E-state index contributed by atoms with van der Waals surface area (Å²) in [7, 11) is 0. The van der Waals surface area contributed by atoms with Gasteiger partial charge in [-0.1, -0.05) is 97.6 Å². The standard InChI is InChI=1S/C22H19N/c1-18-17-23(18)22(19-11-5-2-6-12-19,20-13-7-3-8-14-20)21-15-9-4-10-16-21/h2-16H,1,17H2. The zero-order valence-electron chi connectivity index (χ0n) is 13.0. The molecule has 1 nitrogen and oxygen atoms in total. The Balaban J connectivity index is 2.05. The highest BCUT2D eigenvalue weighted by Gasteiger charge is 2.48. The highest BCUT2D eigenvalue weighted by molar-refractivity contribution is 5.53. The number of benzene rings is 3. The molecule has 1 saturated heterocycles. The molecule has 1 fully saturated rings. The van der Waals surface area contributed by atoms with Crippen LogP contribution in [0, 0.1) is 0 Å². The lowest BCUT2D eigenvalue weighted by molar-refractivity contribution is 0.366. The molecule has 3 aromatic rings. The van der Waals surface area contributed by atoms with Gasteiger partial charge in [0.1, 0.15) is 5.54 Å². The normalized spacial score (nSPS) is 13.9. The van der Waals surface area contributed by atoms with Crippen molar-refractivity contribution in [3.05, 3.63) is 120 Å². The van der Waals surface area contributed by atoms with E-state index in [1.165, 1.54) is 22.4 Å². The number of nitrogens with zero attached hydrogens (tertiary/aromatic N) is 1. The molecule has 23 heavy (non-hydrogen) atoms. The summed E-state index contributed by atoms with van der Waals surface area (Å²) in [5.74, 6) is 0. The molecule has 1 heterocycles. The van der Waals surface area contributed by atoms with Crippen LogP contribution in [-0.4, -0.2) is 11.4 Å². The molecule has 1 aliphatic heterocycles. The van der Waals surface area contributed by atoms with Crippen LogP contribution < -0.4 is 0 Å². The van der Waals surface area contributed by atoms with Crippen LogP contribution in [0.3, 0.4) is 0 Å². The number of hydrogen-bond acceptors (Lipinski definition) is 1. The van der Waals surface area contributed by atoms with Crippen molar-refractivity contribution in [3.63, 3.8) is 0 Å². The van der Waals surface area contributed by atoms with Gasteiger partial charge in [-0.05, 0) is 16.7 Å². The fourth-order valence-corrected chi connectivity index (χ4v) is 3.51. The van der Waals surface area contributed by atoms with Crippen molar-refractivity contribution in [1.29, 1.82) is 0 Å². The Kier molecular flexibility index (Phi) is 3.27. The summed E-state index contributed by atoms with van der Waals surface area (Å²) in [5.41, 5.74) is 4.70. The first-order valence-electron chi connectivity index (χ1n) is 7.95. The van der Waals surface area contributed by atoms with Crippen LogP contribution in [0.4, 0.5) is 0 Å². The van der Waals surface area contributed by atoms with Gasteiger partial charge in [0, 0.05) is 5.70 Å². The van der Waals surface area contributed by atoms with E-state index >= 15 is 0 Å². The molecule has 0 aliphatic carbocycles. The van der Waals surface area contributed by atoms with Crippen molar-refractivity contribution in [2.24, 2.45) is 0 Å². The maximum atomic E-state index is 4.22. The molecule has 0 N–H and O–H groups in total. The Morgan fingerprint density at radius 2 is 0.913 bits per heavy atom. The molecule has 0 aromatic heterocycles. The fraction of sp³-hybridized carbons (Fsp3) is 0.0909. The summed E-state index contributed by atoms with van der Waals surface area (Å²) >= 11 is 0. The summed E-state index contributed by atoms with van der Waals surface area (Å²) in [6.07, 6.45) is 0. The third kappa shape index (κ3) is 2.17. The Morgan fingerprint density at radius 3 is 1.17 bits per heavy atom. The first-order valence-corrected chi connectivity index (χ1v) is 7.95. The lowest BCUT2D eigenvalue weighted by Crippen LogP contribution is -2.37. The summed E-state index contributed by atoms with van der Waals surface area (Å²) in [4.78, 5) is 2.40. The second kappa shape index (κ2) is 5.44. The molecular formula is C22H19N. The van der Waals surface area contributed by atoms with Gasteiger partial charge in [-0.25, -0.2) is 0 Å². The van der Waals surface area contributed by atoms with Gasteiger partial charge in [-0.2, -0.15) is 0 Å². The number of hydrogen-bond donors (Lipinski definition) is 0. The Labute approximate surface area is 137 Å². The summed E-state index contributed by atoms with van der Waals surface area (Å²) in [5, 5.41) is 0. The van der Waals surface area contributed by atoms with Gasteiger partial charge in [0.25, 0.3) is 0 Å². The van der Waals surface area contributed by atoms with Crippen LogP contribution in [0.5, 0.6) is 0 Å². The second-order valence-corrected chi connectivity index (χ2v) is 5.96. The van der Waals surface area contributed by atoms with Crippen LogP contribution in [0.25, 0.3) is 0 Å². The molecule has 1 heteroatoms. The highest BCUT2D eigenvalue weighted by atomic mass is 15.3. The van der Waals surface area contributed by atoms with E-state index in [2.05, 4.69) is 102 Å². The van der Waals surface area contributed by atoms with Crippen LogP contribution in [0.2, 0.25) is 0 Å². The molecule has 0 amide bonds. The smallest absolute Gasteiger partial charge is 0.116 e. The predicted octanol–water partition coefficient (Wildman–Crippen LogP) is 4.81. The minimum atomic E-state index is -0.305. The third-order valence-corrected chi connectivity index (χ3v) is 4.60. The molecular weight excluding hydrogens is 278 g/mol. The zero-order valence-corrected chi connectivity index (χ0v) is 13.0. The highest BCUT2D eigenvalue weighted by Crippen LogP contribution is 2.49. The van der Waals surface area contributed by atoms with E-state index in [4.69, 9.17) is 0 Å². The Bertz CT molecular complexity index is 710. The molecule has 0 unspecified atom stereocenters.